The van der Waals surface area contributed by atoms with Crippen LogP contribution in [0.3, 0.4) is 0 Å². The largest absolute Gasteiger partial charge is 0.396 e. The molecule has 0 bridgehead atoms. The van der Waals surface area contributed by atoms with Gasteiger partial charge < -0.3 is 10.0 Å². The average Bonchev–Trinajstić information content (AvgIpc) is 3.18. The van der Waals surface area contributed by atoms with Crippen LogP contribution in [0, 0.1) is 5.92 Å². The number of hydrogen-bond donors (Lipinski definition) is 1. The van der Waals surface area contributed by atoms with Crippen molar-refractivity contribution in [3.8, 4) is 0 Å². The number of nitrogens with zero attached hydrogens (tertiary/aromatic N) is 4. The zero-order chi connectivity index (χ0) is 17.1. The van der Waals surface area contributed by atoms with E-state index in [-0.39, 0.29) is 18.6 Å². The lowest BCUT2D eigenvalue weighted by atomic mass is 10.1. The van der Waals surface area contributed by atoms with Crippen LogP contribution in [0.1, 0.15) is 49.9 Å². The summed E-state index contributed by atoms with van der Waals surface area (Å²) in [6.45, 7) is 6.08. The number of pyridine rings is 1. The lowest BCUT2D eigenvalue weighted by Crippen LogP contribution is -2.35. The second-order valence-corrected chi connectivity index (χ2v) is 7.02. The molecule has 0 saturated carbocycles. The Morgan fingerprint density at radius 3 is 3.00 bits per heavy atom. The molecule has 3 heterocycles. The van der Waals surface area contributed by atoms with Crippen molar-refractivity contribution in [3.63, 3.8) is 0 Å². The van der Waals surface area contributed by atoms with Crippen molar-refractivity contribution >= 4 is 16.9 Å². The van der Waals surface area contributed by atoms with Gasteiger partial charge in [0.2, 0.25) is 0 Å². The fourth-order valence-electron chi connectivity index (χ4n) is 3.46. The third-order valence-electron chi connectivity index (χ3n) is 4.59. The standard InChI is InChI=1S/C18H26N4O2/c1-13(2)12-22-17-14(11-20-22)9-15(10-19-17)18(24)21-7-3-5-16(21)6-4-8-23/h9-11,13,16,23H,3-8,12H2,1-2H3. The van der Waals surface area contributed by atoms with Crippen molar-refractivity contribution in [2.75, 3.05) is 13.2 Å². The number of likely N-dealkylation sites (tertiary alicyclic amines) is 1. The lowest BCUT2D eigenvalue weighted by Gasteiger charge is -2.24. The summed E-state index contributed by atoms with van der Waals surface area (Å²) < 4.78 is 1.90. The predicted octanol–water partition coefficient (Wildman–Crippen LogP) is 2.46. The molecule has 1 fully saturated rings. The van der Waals surface area contributed by atoms with E-state index >= 15 is 0 Å². The number of aliphatic hydroxyl groups excluding tert-OH is 1. The maximum Gasteiger partial charge on any atom is 0.255 e. The van der Waals surface area contributed by atoms with Gasteiger partial charge in [-0.1, -0.05) is 13.8 Å². The molecule has 0 aliphatic carbocycles. The van der Waals surface area contributed by atoms with Crippen LogP contribution >= 0.6 is 0 Å². The van der Waals surface area contributed by atoms with Crippen LogP contribution in [0.2, 0.25) is 0 Å². The Morgan fingerprint density at radius 2 is 2.25 bits per heavy atom. The van der Waals surface area contributed by atoms with Crippen LogP contribution < -0.4 is 0 Å². The first-order valence-corrected chi connectivity index (χ1v) is 8.83. The second-order valence-electron chi connectivity index (χ2n) is 7.02. The molecule has 1 N–H and O–H groups in total. The highest BCUT2D eigenvalue weighted by Gasteiger charge is 2.29. The van der Waals surface area contributed by atoms with Crippen molar-refractivity contribution in [1.82, 2.24) is 19.7 Å². The molecule has 3 rings (SSSR count). The average molecular weight is 330 g/mol. The molecule has 24 heavy (non-hydrogen) atoms. The SMILES string of the molecule is CC(C)Cn1ncc2cc(C(=O)N3CCCC3CCCO)cnc21. The van der Waals surface area contributed by atoms with Crippen molar-refractivity contribution < 1.29 is 9.90 Å². The molecule has 6 nitrogen and oxygen atoms in total. The van der Waals surface area contributed by atoms with Gasteiger partial charge in [-0.15, -0.1) is 0 Å². The van der Waals surface area contributed by atoms with Gasteiger partial charge >= 0.3 is 0 Å². The minimum atomic E-state index is 0.0430. The highest BCUT2D eigenvalue weighted by Crippen LogP contribution is 2.24. The Bertz CT molecular complexity index is 710. The van der Waals surface area contributed by atoms with Gasteiger partial charge in [0, 0.05) is 37.3 Å². The van der Waals surface area contributed by atoms with E-state index in [9.17, 15) is 4.79 Å². The predicted molar refractivity (Wildman–Crippen MR) is 92.7 cm³/mol. The molecule has 0 radical (unpaired) electrons. The molecular weight excluding hydrogens is 304 g/mol. The number of amides is 1. The Labute approximate surface area is 142 Å². The smallest absolute Gasteiger partial charge is 0.255 e. The van der Waals surface area contributed by atoms with Gasteiger partial charge in [-0.05, 0) is 37.7 Å². The molecule has 130 valence electrons. The molecule has 2 aromatic heterocycles. The van der Waals surface area contributed by atoms with Crippen LogP contribution in [-0.2, 0) is 6.54 Å². The molecule has 1 amide bonds. The number of carbonyl (C=O) groups excluding carboxylic acids is 1. The third-order valence-corrected chi connectivity index (χ3v) is 4.59. The molecule has 6 heteroatoms. The van der Waals surface area contributed by atoms with Crippen molar-refractivity contribution in [2.45, 2.75) is 52.1 Å². The van der Waals surface area contributed by atoms with Gasteiger partial charge in [-0.25, -0.2) is 9.67 Å². The summed E-state index contributed by atoms with van der Waals surface area (Å²) in [6, 6.07) is 2.14. The van der Waals surface area contributed by atoms with Crippen molar-refractivity contribution in [3.05, 3.63) is 24.0 Å². The molecule has 1 aliphatic heterocycles. The third kappa shape index (κ3) is 3.43. The van der Waals surface area contributed by atoms with Gasteiger partial charge in [-0.3, -0.25) is 4.79 Å². The summed E-state index contributed by atoms with van der Waals surface area (Å²) >= 11 is 0. The Morgan fingerprint density at radius 1 is 1.42 bits per heavy atom. The van der Waals surface area contributed by atoms with Gasteiger partial charge in [0.25, 0.3) is 5.91 Å². The summed E-state index contributed by atoms with van der Waals surface area (Å²) in [5.74, 6) is 0.537. The first-order valence-electron chi connectivity index (χ1n) is 8.83. The quantitative estimate of drug-likeness (QED) is 0.883. The highest BCUT2D eigenvalue weighted by atomic mass is 16.3. The molecule has 1 saturated heterocycles. The van der Waals surface area contributed by atoms with Gasteiger partial charge in [0.05, 0.1) is 11.8 Å². The lowest BCUT2D eigenvalue weighted by molar-refractivity contribution is 0.0724. The number of rotatable bonds is 6. The van der Waals surface area contributed by atoms with Gasteiger partial charge in [0.15, 0.2) is 5.65 Å². The zero-order valence-corrected chi connectivity index (χ0v) is 14.5. The van der Waals surface area contributed by atoms with Crippen LogP contribution in [0.15, 0.2) is 18.5 Å². The fraction of sp³-hybridized carbons (Fsp3) is 0.611. The summed E-state index contributed by atoms with van der Waals surface area (Å²) in [6.07, 6.45) is 7.12. The van der Waals surface area contributed by atoms with E-state index in [2.05, 4.69) is 23.9 Å². The summed E-state index contributed by atoms with van der Waals surface area (Å²) in [5.41, 5.74) is 1.46. The molecule has 2 aromatic rings. The van der Waals surface area contributed by atoms with Crippen molar-refractivity contribution in [1.29, 1.82) is 0 Å². The van der Waals surface area contributed by atoms with E-state index in [1.54, 1.807) is 12.4 Å². The highest BCUT2D eigenvalue weighted by molar-refractivity contribution is 5.97. The van der Waals surface area contributed by atoms with E-state index in [0.717, 1.165) is 49.8 Å². The number of aromatic nitrogens is 3. The molecular formula is C18H26N4O2. The Balaban J connectivity index is 1.80. The molecule has 1 unspecified atom stereocenters. The molecule has 0 aromatic carbocycles. The normalized spacial score (nSPS) is 18.0. The molecule has 1 atom stereocenters. The fourth-order valence-corrected chi connectivity index (χ4v) is 3.46. The number of carbonyl (C=O) groups is 1. The monoisotopic (exact) mass is 330 g/mol. The van der Waals surface area contributed by atoms with Crippen LogP contribution in [0.25, 0.3) is 11.0 Å². The van der Waals surface area contributed by atoms with E-state index in [1.165, 1.54) is 0 Å². The van der Waals surface area contributed by atoms with E-state index in [1.807, 2.05) is 15.6 Å². The van der Waals surface area contributed by atoms with E-state index < -0.39 is 0 Å². The summed E-state index contributed by atoms with van der Waals surface area (Å²) in [5, 5.41) is 14.3. The van der Waals surface area contributed by atoms with Gasteiger partial charge in [-0.2, -0.15) is 5.10 Å². The molecule has 0 spiro atoms. The first-order chi connectivity index (χ1) is 11.6. The van der Waals surface area contributed by atoms with E-state index in [0.29, 0.717) is 11.5 Å². The first kappa shape index (κ1) is 16.9. The zero-order valence-electron chi connectivity index (χ0n) is 14.5. The minimum absolute atomic E-state index is 0.0430. The Hall–Kier alpha value is -1.95. The minimum Gasteiger partial charge on any atom is -0.396 e. The summed E-state index contributed by atoms with van der Waals surface area (Å²) in [7, 11) is 0. The topological polar surface area (TPSA) is 71.2 Å². The van der Waals surface area contributed by atoms with Crippen LogP contribution in [-0.4, -0.2) is 49.9 Å². The number of fused-ring (bicyclic) bond motifs is 1. The van der Waals surface area contributed by atoms with E-state index in [4.69, 9.17) is 5.11 Å². The van der Waals surface area contributed by atoms with Crippen LogP contribution in [0.5, 0.6) is 0 Å². The number of hydrogen-bond acceptors (Lipinski definition) is 4. The Kier molecular flexibility index (Phi) is 5.14. The maximum atomic E-state index is 12.8. The summed E-state index contributed by atoms with van der Waals surface area (Å²) in [4.78, 5) is 19.3. The molecule has 1 aliphatic rings. The second kappa shape index (κ2) is 7.30. The van der Waals surface area contributed by atoms with Crippen molar-refractivity contribution in [2.24, 2.45) is 5.92 Å². The van der Waals surface area contributed by atoms with Gasteiger partial charge in [0.1, 0.15) is 0 Å². The maximum absolute atomic E-state index is 12.8. The number of aliphatic hydroxyl groups is 1. The van der Waals surface area contributed by atoms with Crippen LogP contribution in [0.4, 0.5) is 0 Å².